The highest BCUT2D eigenvalue weighted by atomic mass is 32.1. The first kappa shape index (κ1) is 21.6. The van der Waals surface area contributed by atoms with Crippen LogP contribution in [0.3, 0.4) is 0 Å². The number of aliphatic hydroxyl groups is 1. The van der Waals surface area contributed by atoms with Crippen molar-refractivity contribution in [3.8, 4) is 0 Å². The van der Waals surface area contributed by atoms with Crippen LogP contribution in [0.4, 0.5) is 0 Å². The van der Waals surface area contributed by atoms with Crippen LogP contribution >= 0.6 is 12.2 Å². The predicted molar refractivity (Wildman–Crippen MR) is 102 cm³/mol. The summed E-state index contributed by atoms with van der Waals surface area (Å²) in [6.07, 6.45) is 14.8. The Kier molecular flexibility index (Phi) is 15.2. The minimum absolute atomic E-state index is 0.291. The predicted octanol–water partition coefficient (Wildman–Crippen LogP) is 5.40. The number of aliphatic hydroxyl groups excluding tert-OH is 1. The Morgan fingerprint density at radius 1 is 1.00 bits per heavy atom. The molecule has 0 heterocycles. The number of rotatable bonds is 15. The van der Waals surface area contributed by atoms with Gasteiger partial charge < -0.3 is 10.4 Å². The Hall–Kier alpha value is -0.410. The summed E-state index contributed by atoms with van der Waals surface area (Å²) in [7, 11) is 0. The molecule has 2 N–H and O–H groups in total. The van der Waals surface area contributed by atoms with E-state index in [1.807, 2.05) is 0 Å². The maximum absolute atomic E-state index is 9.91. The quantitative estimate of drug-likeness (QED) is 0.240. The first-order chi connectivity index (χ1) is 10.6. The summed E-state index contributed by atoms with van der Waals surface area (Å²) in [5, 5.41) is 13.0. The van der Waals surface area contributed by atoms with Gasteiger partial charge in [-0.25, -0.2) is 0 Å². The molecule has 0 radical (unpaired) electrons. The van der Waals surface area contributed by atoms with Crippen molar-refractivity contribution in [2.45, 2.75) is 90.6 Å². The molecule has 2 nitrogen and oxygen atoms in total. The first-order valence-corrected chi connectivity index (χ1v) is 9.52. The third-order valence-corrected chi connectivity index (χ3v) is 4.24. The van der Waals surface area contributed by atoms with Crippen LogP contribution in [-0.2, 0) is 0 Å². The minimum Gasteiger partial charge on any atom is -0.393 e. The van der Waals surface area contributed by atoms with Gasteiger partial charge in [-0.1, -0.05) is 89.9 Å². The third-order valence-electron chi connectivity index (χ3n) is 3.93. The molecule has 0 aromatic heterocycles. The van der Waals surface area contributed by atoms with Crippen LogP contribution in [0.15, 0.2) is 12.7 Å². The molecule has 0 fully saturated rings. The van der Waals surface area contributed by atoms with Gasteiger partial charge in [-0.3, -0.25) is 0 Å². The van der Waals surface area contributed by atoms with Crippen LogP contribution in [0.25, 0.3) is 0 Å². The molecule has 0 aromatic carbocycles. The van der Waals surface area contributed by atoms with E-state index in [-0.39, 0.29) is 6.10 Å². The standard InChI is InChI=1S/C19H37NOS/c1-4-15-20-19(22)16-18(21)14-12-10-8-6-5-7-9-11-13-17(2)3/h4,17-18,21H,1,5-16H2,2-3H3,(H,20,22)/t18-/m0/s1. The fraction of sp³-hybridized carbons (Fsp3) is 0.842. The van der Waals surface area contributed by atoms with Gasteiger partial charge in [0.2, 0.25) is 0 Å². The smallest absolute Gasteiger partial charge is 0.0781 e. The Labute approximate surface area is 143 Å². The topological polar surface area (TPSA) is 32.3 Å². The molecular weight excluding hydrogens is 290 g/mol. The molecule has 1 atom stereocenters. The second-order valence-electron chi connectivity index (χ2n) is 6.75. The van der Waals surface area contributed by atoms with Gasteiger partial charge in [-0.05, 0) is 12.3 Å². The van der Waals surface area contributed by atoms with E-state index in [0.29, 0.717) is 13.0 Å². The number of thiocarbonyl (C=S) groups is 1. The van der Waals surface area contributed by atoms with E-state index < -0.39 is 0 Å². The summed E-state index contributed by atoms with van der Waals surface area (Å²) in [6.45, 7) is 8.92. The molecule has 0 aliphatic rings. The normalized spacial score (nSPS) is 12.4. The second-order valence-corrected chi connectivity index (χ2v) is 7.24. The number of unbranched alkanes of at least 4 members (excludes halogenated alkanes) is 7. The molecular formula is C19H37NOS. The van der Waals surface area contributed by atoms with Crippen LogP contribution in [-0.4, -0.2) is 22.7 Å². The Balaban J connectivity index is 3.28. The molecule has 0 aromatic rings. The van der Waals surface area contributed by atoms with Gasteiger partial charge in [0.05, 0.1) is 11.1 Å². The van der Waals surface area contributed by atoms with Gasteiger partial charge in [0.15, 0.2) is 0 Å². The van der Waals surface area contributed by atoms with Crippen molar-refractivity contribution < 1.29 is 5.11 Å². The van der Waals surface area contributed by atoms with Gasteiger partial charge in [-0.15, -0.1) is 6.58 Å². The highest BCUT2D eigenvalue weighted by Gasteiger charge is 2.06. The molecule has 130 valence electrons. The molecule has 0 bridgehead atoms. The first-order valence-electron chi connectivity index (χ1n) is 9.12. The van der Waals surface area contributed by atoms with Crippen molar-refractivity contribution >= 4 is 17.2 Å². The molecule has 0 saturated heterocycles. The van der Waals surface area contributed by atoms with E-state index in [9.17, 15) is 5.11 Å². The monoisotopic (exact) mass is 327 g/mol. The molecule has 0 aliphatic carbocycles. The van der Waals surface area contributed by atoms with E-state index in [4.69, 9.17) is 12.2 Å². The largest absolute Gasteiger partial charge is 0.393 e. The summed E-state index contributed by atoms with van der Waals surface area (Å²) in [6, 6.07) is 0. The van der Waals surface area contributed by atoms with E-state index in [1.54, 1.807) is 6.08 Å². The zero-order valence-electron chi connectivity index (χ0n) is 14.8. The van der Waals surface area contributed by atoms with Gasteiger partial charge >= 0.3 is 0 Å². The van der Waals surface area contributed by atoms with E-state index in [2.05, 4.69) is 25.7 Å². The molecule has 22 heavy (non-hydrogen) atoms. The Bertz CT molecular complexity index is 279. The zero-order valence-corrected chi connectivity index (χ0v) is 15.6. The van der Waals surface area contributed by atoms with Crippen LogP contribution in [0.5, 0.6) is 0 Å². The average Bonchev–Trinajstić information content (AvgIpc) is 2.46. The van der Waals surface area contributed by atoms with E-state index in [1.165, 1.54) is 51.4 Å². The highest BCUT2D eigenvalue weighted by Crippen LogP contribution is 2.14. The number of hydrogen-bond donors (Lipinski definition) is 2. The van der Waals surface area contributed by atoms with Crippen molar-refractivity contribution in [1.29, 1.82) is 0 Å². The van der Waals surface area contributed by atoms with E-state index >= 15 is 0 Å². The van der Waals surface area contributed by atoms with Crippen LogP contribution in [0.1, 0.15) is 84.5 Å². The zero-order chi connectivity index (χ0) is 16.6. The number of nitrogens with one attached hydrogen (secondary N) is 1. The Morgan fingerprint density at radius 3 is 2.00 bits per heavy atom. The van der Waals surface area contributed by atoms with Crippen LogP contribution in [0.2, 0.25) is 0 Å². The third kappa shape index (κ3) is 16.0. The van der Waals surface area contributed by atoms with Crippen molar-refractivity contribution in [3.05, 3.63) is 12.7 Å². The molecule has 0 rings (SSSR count). The fourth-order valence-electron chi connectivity index (χ4n) is 2.57. The lowest BCUT2D eigenvalue weighted by Gasteiger charge is -2.12. The molecule has 0 amide bonds. The van der Waals surface area contributed by atoms with Gasteiger partial charge in [0.1, 0.15) is 0 Å². The second kappa shape index (κ2) is 15.5. The fourth-order valence-corrected chi connectivity index (χ4v) is 2.84. The average molecular weight is 328 g/mol. The minimum atomic E-state index is -0.291. The lowest BCUT2D eigenvalue weighted by Crippen LogP contribution is -2.25. The Morgan fingerprint density at radius 2 is 1.50 bits per heavy atom. The van der Waals surface area contributed by atoms with Gasteiger partial charge in [0, 0.05) is 13.0 Å². The van der Waals surface area contributed by atoms with Gasteiger partial charge in [0.25, 0.3) is 0 Å². The molecule has 0 unspecified atom stereocenters. The molecule has 3 heteroatoms. The lowest BCUT2D eigenvalue weighted by molar-refractivity contribution is 0.168. The summed E-state index contributed by atoms with van der Waals surface area (Å²) < 4.78 is 0. The SMILES string of the molecule is C=CCNC(=S)C[C@@H](O)CCCCCCCCCCC(C)C. The van der Waals surface area contributed by atoms with Gasteiger partial charge in [-0.2, -0.15) is 0 Å². The number of hydrogen-bond acceptors (Lipinski definition) is 2. The van der Waals surface area contributed by atoms with E-state index in [0.717, 1.165) is 23.7 Å². The van der Waals surface area contributed by atoms with Crippen LogP contribution in [0, 0.1) is 5.92 Å². The van der Waals surface area contributed by atoms with Crippen molar-refractivity contribution in [2.75, 3.05) is 6.54 Å². The highest BCUT2D eigenvalue weighted by molar-refractivity contribution is 7.80. The summed E-state index contributed by atoms with van der Waals surface area (Å²) >= 11 is 5.16. The maximum Gasteiger partial charge on any atom is 0.0781 e. The summed E-state index contributed by atoms with van der Waals surface area (Å²) in [5.74, 6) is 0.853. The van der Waals surface area contributed by atoms with Crippen molar-refractivity contribution in [1.82, 2.24) is 5.32 Å². The molecule has 0 aliphatic heterocycles. The summed E-state index contributed by atoms with van der Waals surface area (Å²) in [5.41, 5.74) is 0. The maximum atomic E-state index is 9.91. The van der Waals surface area contributed by atoms with Crippen molar-refractivity contribution in [3.63, 3.8) is 0 Å². The molecule has 0 saturated carbocycles. The lowest BCUT2D eigenvalue weighted by atomic mass is 10.0. The summed E-state index contributed by atoms with van der Waals surface area (Å²) in [4.78, 5) is 0.744. The van der Waals surface area contributed by atoms with Crippen LogP contribution < -0.4 is 5.32 Å². The molecule has 0 spiro atoms. The van der Waals surface area contributed by atoms with Crippen molar-refractivity contribution in [2.24, 2.45) is 5.92 Å².